The molecule has 0 aliphatic carbocycles. The SMILES string of the molecule is COCC(O)CNCc1ccc(C(=O)O)cc1Br. The van der Waals surface area contributed by atoms with E-state index in [0.717, 1.165) is 10.0 Å². The smallest absolute Gasteiger partial charge is 0.335 e. The van der Waals surface area contributed by atoms with Gasteiger partial charge < -0.3 is 20.3 Å². The Balaban J connectivity index is 2.50. The molecule has 0 saturated carbocycles. The van der Waals surface area contributed by atoms with Crippen LogP contribution in [-0.4, -0.2) is 42.5 Å². The van der Waals surface area contributed by atoms with Gasteiger partial charge in [-0.05, 0) is 17.7 Å². The van der Waals surface area contributed by atoms with E-state index in [4.69, 9.17) is 9.84 Å². The van der Waals surface area contributed by atoms with Crippen molar-refractivity contribution >= 4 is 21.9 Å². The molecule has 0 radical (unpaired) electrons. The fourth-order valence-corrected chi connectivity index (χ4v) is 1.97. The predicted molar refractivity (Wildman–Crippen MR) is 70.7 cm³/mol. The number of carboxylic acid groups (broad SMARTS) is 1. The van der Waals surface area contributed by atoms with Gasteiger partial charge in [-0.15, -0.1) is 0 Å². The van der Waals surface area contributed by atoms with E-state index < -0.39 is 12.1 Å². The number of hydrogen-bond donors (Lipinski definition) is 3. The van der Waals surface area contributed by atoms with E-state index in [9.17, 15) is 9.90 Å². The third-order valence-electron chi connectivity index (χ3n) is 2.35. The van der Waals surface area contributed by atoms with Crippen LogP contribution in [0.2, 0.25) is 0 Å². The summed E-state index contributed by atoms with van der Waals surface area (Å²) < 4.78 is 5.54. The summed E-state index contributed by atoms with van der Waals surface area (Å²) >= 11 is 3.32. The third kappa shape index (κ3) is 4.73. The fraction of sp³-hybridized carbons (Fsp3) is 0.417. The zero-order chi connectivity index (χ0) is 13.5. The number of halogens is 1. The molecule has 18 heavy (non-hydrogen) atoms. The molecule has 0 fully saturated rings. The molecule has 100 valence electrons. The second kappa shape index (κ2) is 7.48. The Morgan fingerprint density at radius 2 is 2.28 bits per heavy atom. The first-order valence-electron chi connectivity index (χ1n) is 5.44. The van der Waals surface area contributed by atoms with Crippen LogP contribution in [0.25, 0.3) is 0 Å². The van der Waals surface area contributed by atoms with Crippen LogP contribution in [0.5, 0.6) is 0 Å². The molecule has 0 heterocycles. The number of nitrogens with one attached hydrogen (secondary N) is 1. The van der Waals surface area contributed by atoms with Gasteiger partial charge in [-0.25, -0.2) is 4.79 Å². The van der Waals surface area contributed by atoms with Gasteiger partial charge in [0.2, 0.25) is 0 Å². The minimum Gasteiger partial charge on any atom is -0.478 e. The van der Waals surface area contributed by atoms with Crippen molar-refractivity contribution in [2.75, 3.05) is 20.3 Å². The van der Waals surface area contributed by atoms with Crippen LogP contribution in [0.15, 0.2) is 22.7 Å². The minimum absolute atomic E-state index is 0.241. The molecule has 1 aromatic rings. The molecule has 0 saturated heterocycles. The second-order valence-electron chi connectivity index (χ2n) is 3.85. The lowest BCUT2D eigenvalue weighted by Crippen LogP contribution is -2.29. The third-order valence-corrected chi connectivity index (χ3v) is 3.09. The van der Waals surface area contributed by atoms with Crippen LogP contribution in [0.1, 0.15) is 15.9 Å². The Morgan fingerprint density at radius 1 is 1.56 bits per heavy atom. The highest BCUT2D eigenvalue weighted by atomic mass is 79.9. The van der Waals surface area contributed by atoms with E-state index in [2.05, 4.69) is 21.2 Å². The number of ether oxygens (including phenoxy) is 1. The van der Waals surface area contributed by atoms with Gasteiger partial charge in [0.15, 0.2) is 0 Å². The topological polar surface area (TPSA) is 78.8 Å². The second-order valence-corrected chi connectivity index (χ2v) is 4.71. The maximum atomic E-state index is 10.8. The van der Waals surface area contributed by atoms with Crippen LogP contribution in [-0.2, 0) is 11.3 Å². The van der Waals surface area contributed by atoms with Gasteiger partial charge in [-0.1, -0.05) is 22.0 Å². The summed E-state index contributed by atoms with van der Waals surface area (Å²) in [6.07, 6.45) is -0.549. The van der Waals surface area contributed by atoms with E-state index >= 15 is 0 Å². The molecule has 0 amide bonds. The molecule has 0 bridgehead atoms. The van der Waals surface area contributed by atoms with Crippen molar-refractivity contribution in [1.29, 1.82) is 0 Å². The number of aliphatic hydroxyl groups excluding tert-OH is 1. The van der Waals surface area contributed by atoms with Crippen molar-refractivity contribution < 1.29 is 19.7 Å². The number of carboxylic acids is 1. The number of benzene rings is 1. The molecule has 0 spiro atoms. The van der Waals surface area contributed by atoms with E-state index in [-0.39, 0.29) is 12.2 Å². The molecule has 0 aliphatic heterocycles. The van der Waals surface area contributed by atoms with Crippen LogP contribution in [0.3, 0.4) is 0 Å². The molecule has 1 unspecified atom stereocenters. The number of aliphatic hydroxyl groups is 1. The minimum atomic E-state index is -0.953. The summed E-state index contributed by atoms with van der Waals surface area (Å²) in [5, 5.41) is 21.3. The summed E-state index contributed by atoms with van der Waals surface area (Å²) in [4.78, 5) is 10.8. The summed E-state index contributed by atoms with van der Waals surface area (Å²) in [6.45, 7) is 1.24. The van der Waals surface area contributed by atoms with E-state index in [0.29, 0.717) is 13.1 Å². The normalized spacial score (nSPS) is 12.4. The summed E-state index contributed by atoms with van der Waals surface area (Å²) in [5.74, 6) is -0.953. The summed E-state index contributed by atoms with van der Waals surface area (Å²) in [5.41, 5.74) is 1.18. The molecule has 5 nitrogen and oxygen atoms in total. The van der Waals surface area contributed by atoms with Gasteiger partial charge in [0.1, 0.15) is 0 Å². The Bertz CT molecular complexity index is 411. The maximum absolute atomic E-state index is 10.8. The van der Waals surface area contributed by atoms with Gasteiger partial charge >= 0.3 is 5.97 Å². The van der Waals surface area contributed by atoms with E-state index in [1.54, 1.807) is 18.2 Å². The van der Waals surface area contributed by atoms with E-state index in [1.807, 2.05) is 0 Å². The van der Waals surface area contributed by atoms with Crippen molar-refractivity contribution in [3.63, 3.8) is 0 Å². The fourth-order valence-electron chi connectivity index (χ4n) is 1.45. The molecular weight excluding hydrogens is 302 g/mol. The van der Waals surface area contributed by atoms with Crippen LogP contribution < -0.4 is 5.32 Å². The zero-order valence-corrected chi connectivity index (χ0v) is 11.6. The Hall–Kier alpha value is -0.950. The molecule has 0 aromatic heterocycles. The first-order valence-corrected chi connectivity index (χ1v) is 6.23. The van der Waals surface area contributed by atoms with Crippen molar-refractivity contribution in [3.05, 3.63) is 33.8 Å². The molecular formula is C12H16BrNO4. The first kappa shape index (κ1) is 15.1. The lowest BCUT2D eigenvalue weighted by molar-refractivity contribution is 0.0644. The average Bonchev–Trinajstić information content (AvgIpc) is 2.31. The van der Waals surface area contributed by atoms with Gasteiger partial charge in [0.05, 0.1) is 18.3 Å². The molecule has 0 aliphatic rings. The predicted octanol–water partition coefficient (Wildman–Crippen LogP) is 1.24. The van der Waals surface area contributed by atoms with Gasteiger partial charge in [-0.2, -0.15) is 0 Å². The molecule has 1 atom stereocenters. The largest absolute Gasteiger partial charge is 0.478 e. The summed E-state index contributed by atoms with van der Waals surface area (Å²) in [6, 6.07) is 4.85. The number of hydrogen-bond acceptors (Lipinski definition) is 4. The van der Waals surface area contributed by atoms with Crippen molar-refractivity contribution in [2.45, 2.75) is 12.6 Å². The van der Waals surface area contributed by atoms with Gasteiger partial charge in [0.25, 0.3) is 0 Å². The highest BCUT2D eigenvalue weighted by Gasteiger charge is 2.07. The first-order chi connectivity index (χ1) is 8.54. The van der Waals surface area contributed by atoms with Gasteiger partial charge in [-0.3, -0.25) is 0 Å². The van der Waals surface area contributed by atoms with Crippen LogP contribution in [0, 0.1) is 0 Å². The number of carbonyl (C=O) groups is 1. The van der Waals surface area contributed by atoms with Crippen LogP contribution in [0.4, 0.5) is 0 Å². The van der Waals surface area contributed by atoms with E-state index in [1.165, 1.54) is 7.11 Å². The Kier molecular flexibility index (Phi) is 6.28. The lowest BCUT2D eigenvalue weighted by atomic mass is 10.1. The number of methoxy groups -OCH3 is 1. The highest BCUT2D eigenvalue weighted by molar-refractivity contribution is 9.10. The molecule has 1 aromatic carbocycles. The number of aromatic carboxylic acids is 1. The van der Waals surface area contributed by atoms with Crippen molar-refractivity contribution in [3.8, 4) is 0 Å². The Labute approximate surface area is 114 Å². The molecule has 3 N–H and O–H groups in total. The quantitative estimate of drug-likeness (QED) is 0.705. The van der Waals surface area contributed by atoms with Crippen LogP contribution >= 0.6 is 15.9 Å². The van der Waals surface area contributed by atoms with Crippen molar-refractivity contribution in [2.24, 2.45) is 0 Å². The summed E-state index contributed by atoms with van der Waals surface area (Å²) in [7, 11) is 1.53. The molecule has 1 rings (SSSR count). The zero-order valence-electron chi connectivity index (χ0n) is 10.0. The Morgan fingerprint density at radius 3 is 2.83 bits per heavy atom. The monoisotopic (exact) mass is 317 g/mol. The van der Waals surface area contributed by atoms with Crippen molar-refractivity contribution in [1.82, 2.24) is 5.32 Å². The number of rotatable bonds is 7. The maximum Gasteiger partial charge on any atom is 0.335 e. The standard InChI is InChI=1S/C12H16BrNO4/c1-18-7-10(15)6-14-5-9-3-2-8(12(16)17)4-11(9)13/h2-4,10,14-15H,5-7H2,1H3,(H,16,17). The average molecular weight is 318 g/mol. The van der Waals surface area contributed by atoms with Gasteiger partial charge in [0, 0.05) is 24.7 Å². The highest BCUT2D eigenvalue weighted by Crippen LogP contribution is 2.18. The molecule has 6 heteroatoms. The lowest BCUT2D eigenvalue weighted by Gasteiger charge is -2.11.